The van der Waals surface area contributed by atoms with Gasteiger partial charge in [0, 0.05) is 26.4 Å². The van der Waals surface area contributed by atoms with E-state index in [1.54, 1.807) is 7.11 Å². The monoisotopic (exact) mass is 228 g/mol. The lowest BCUT2D eigenvalue weighted by molar-refractivity contribution is -0.137. The van der Waals surface area contributed by atoms with Crippen molar-refractivity contribution in [2.45, 2.75) is 38.7 Å². The molecule has 0 spiro atoms. The number of carboxylic acids is 1. The molecule has 1 aromatic rings. The number of aromatic nitrogens is 2. The topological polar surface area (TPSA) is 85.5 Å². The van der Waals surface area contributed by atoms with Crippen LogP contribution in [-0.4, -0.2) is 34.4 Å². The van der Waals surface area contributed by atoms with Gasteiger partial charge in [-0.2, -0.15) is 4.98 Å². The number of carbonyl (C=O) groups is 1. The maximum absolute atomic E-state index is 10.3. The van der Waals surface area contributed by atoms with Gasteiger partial charge in [0.25, 0.3) is 0 Å². The highest BCUT2D eigenvalue weighted by Gasteiger charge is 2.10. The number of hydrogen-bond acceptors (Lipinski definition) is 5. The maximum Gasteiger partial charge on any atom is 0.303 e. The minimum Gasteiger partial charge on any atom is -0.481 e. The summed E-state index contributed by atoms with van der Waals surface area (Å²) in [5, 5.41) is 12.3. The lowest BCUT2D eigenvalue weighted by Crippen LogP contribution is -2.09. The van der Waals surface area contributed by atoms with Gasteiger partial charge in [-0.15, -0.1) is 0 Å². The second-order valence-electron chi connectivity index (χ2n) is 3.60. The van der Waals surface area contributed by atoms with Crippen LogP contribution in [0.3, 0.4) is 0 Å². The van der Waals surface area contributed by atoms with E-state index in [1.807, 2.05) is 6.92 Å². The van der Waals surface area contributed by atoms with E-state index >= 15 is 0 Å². The zero-order valence-corrected chi connectivity index (χ0v) is 9.47. The molecule has 1 N–H and O–H groups in total. The Morgan fingerprint density at radius 2 is 2.38 bits per heavy atom. The molecule has 0 bridgehead atoms. The summed E-state index contributed by atoms with van der Waals surface area (Å²) < 4.78 is 10.1. The highest BCUT2D eigenvalue weighted by Crippen LogP contribution is 2.05. The van der Waals surface area contributed by atoms with Crippen LogP contribution >= 0.6 is 0 Å². The standard InChI is InChI=1S/C10H16N2O4/c1-7(15-2)6-8-11-9(16-12-8)4-3-5-10(13)14/h7H,3-6H2,1-2H3,(H,13,14). The average molecular weight is 228 g/mol. The molecule has 0 aromatic carbocycles. The van der Waals surface area contributed by atoms with Gasteiger partial charge in [0.2, 0.25) is 5.89 Å². The van der Waals surface area contributed by atoms with Crippen molar-refractivity contribution in [3.05, 3.63) is 11.7 Å². The Hall–Kier alpha value is -1.43. The van der Waals surface area contributed by atoms with Crippen LogP contribution in [0.25, 0.3) is 0 Å². The molecule has 0 aliphatic rings. The molecule has 1 unspecified atom stereocenters. The average Bonchev–Trinajstić information content (AvgIpc) is 2.65. The van der Waals surface area contributed by atoms with Crippen molar-refractivity contribution < 1.29 is 19.2 Å². The fraction of sp³-hybridized carbons (Fsp3) is 0.700. The number of aliphatic carboxylic acids is 1. The van der Waals surface area contributed by atoms with Crippen LogP contribution in [0.1, 0.15) is 31.5 Å². The Bertz CT molecular complexity index is 337. The summed E-state index contributed by atoms with van der Waals surface area (Å²) in [4.78, 5) is 14.4. The van der Waals surface area contributed by atoms with E-state index in [0.717, 1.165) is 0 Å². The van der Waals surface area contributed by atoms with E-state index in [9.17, 15) is 4.79 Å². The van der Waals surface area contributed by atoms with Crippen molar-refractivity contribution in [2.75, 3.05) is 7.11 Å². The number of hydrogen-bond donors (Lipinski definition) is 1. The smallest absolute Gasteiger partial charge is 0.303 e. The van der Waals surface area contributed by atoms with Crippen LogP contribution in [0.2, 0.25) is 0 Å². The minimum atomic E-state index is -0.812. The Morgan fingerprint density at radius 1 is 1.62 bits per heavy atom. The molecule has 6 heteroatoms. The second kappa shape index (κ2) is 6.22. The number of carboxylic acid groups (broad SMARTS) is 1. The van der Waals surface area contributed by atoms with Crippen molar-refractivity contribution in [3.63, 3.8) is 0 Å². The third-order valence-corrected chi connectivity index (χ3v) is 2.16. The number of aryl methyl sites for hydroxylation is 1. The van der Waals surface area contributed by atoms with Gasteiger partial charge in [0.05, 0.1) is 6.10 Å². The van der Waals surface area contributed by atoms with E-state index in [1.165, 1.54) is 0 Å². The van der Waals surface area contributed by atoms with Crippen LogP contribution < -0.4 is 0 Å². The molecule has 0 aliphatic carbocycles. The molecule has 0 fully saturated rings. The second-order valence-corrected chi connectivity index (χ2v) is 3.60. The Labute approximate surface area is 93.6 Å². The first-order valence-corrected chi connectivity index (χ1v) is 5.18. The summed E-state index contributed by atoms with van der Waals surface area (Å²) in [6, 6.07) is 0. The fourth-order valence-electron chi connectivity index (χ4n) is 1.21. The highest BCUT2D eigenvalue weighted by atomic mass is 16.5. The third kappa shape index (κ3) is 4.39. The number of methoxy groups -OCH3 is 1. The van der Waals surface area contributed by atoms with Crippen LogP contribution in [0.4, 0.5) is 0 Å². The molecule has 0 amide bonds. The molecule has 1 aromatic heterocycles. The summed E-state index contributed by atoms with van der Waals surface area (Å²) in [5.41, 5.74) is 0. The SMILES string of the molecule is COC(C)Cc1noc(CCCC(=O)O)n1. The van der Waals surface area contributed by atoms with Gasteiger partial charge in [-0.3, -0.25) is 4.79 Å². The number of rotatable bonds is 7. The molecule has 1 heterocycles. The van der Waals surface area contributed by atoms with Crippen molar-refractivity contribution in [1.82, 2.24) is 10.1 Å². The lowest BCUT2D eigenvalue weighted by Gasteiger charge is -2.03. The Kier molecular flexibility index (Phi) is 4.91. The summed E-state index contributed by atoms with van der Waals surface area (Å²) in [6.45, 7) is 1.92. The molecule has 1 atom stereocenters. The quantitative estimate of drug-likeness (QED) is 0.750. The Morgan fingerprint density at radius 3 is 3.00 bits per heavy atom. The lowest BCUT2D eigenvalue weighted by atomic mass is 10.2. The molecule has 0 aliphatic heterocycles. The largest absolute Gasteiger partial charge is 0.481 e. The van der Waals surface area contributed by atoms with Crippen molar-refractivity contribution in [3.8, 4) is 0 Å². The first-order valence-electron chi connectivity index (χ1n) is 5.18. The predicted molar refractivity (Wildman–Crippen MR) is 55.0 cm³/mol. The minimum absolute atomic E-state index is 0.0458. The van der Waals surface area contributed by atoms with Crippen molar-refractivity contribution >= 4 is 5.97 Å². The third-order valence-electron chi connectivity index (χ3n) is 2.16. The van der Waals surface area contributed by atoms with E-state index in [0.29, 0.717) is 31.0 Å². The maximum atomic E-state index is 10.3. The van der Waals surface area contributed by atoms with Crippen LogP contribution in [0, 0.1) is 0 Å². The van der Waals surface area contributed by atoms with Crippen molar-refractivity contribution in [1.29, 1.82) is 0 Å². The number of ether oxygens (including phenoxy) is 1. The molecule has 0 radical (unpaired) electrons. The van der Waals surface area contributed by atoms with Crippen molar-refractivity contribution in [2.24, 2.45) is 0 Å². The molecule has 90 valence electrons. The van der Waals surface area contributed by atoms with Crippen LogP contribution in [0.5, 0.6) is 0 Å². The summed E-state index contributed by atoms with van der Waals surface area (Å²) in [6.07, 6.45) is 1.77. The summed E-state index contributed by atoms with van der Waals surface area (Å²) in [5.74, 6) is 0.270. The van der Waals surface area contributed by atoms with E-state index < -0.39 is 5.97 Å². The van der Waals surface area contributed by atoms with Gasteiger partial charge in [-0.1, -0.05) is 5.16 Å². The van der Waals surface area contributed by atoms with E-state index in [2.05, 4.69) is 10.1 Å². The Balaban J connectivity index is 2.36. The summed E-state index contributed by atoms with van der Waals surface area (Å²) >= 11 is 0. The molecule has 0 saturated carbocycles. The zero-order chi connectivity index (χ0) is 12.0. The first-order chi connectivity index (χ1) is 7.61. The van der Waals surface area contributed by atoms with E-state index in [4.69, 9.17) is 14.4 Å². The predicted octanol–water partition coefficient (Wildman–Crippen LogP) is 1.05. The zero-order valence-electron chi connectivity index (χ0n) is 9.47. The van der Waals surface area contributed by atoms with Gasteiger partial charge < -0.3 is 14.4 Å². The van der Waals surface area contributed by atoms with Gasteiger partial charge in [-0.05, 0) is 13.3 Å². The normalized spacial score (nSPS) is 12.6. The molecule has 16 heavy (non-hydrogen) atoms. The van der Waals surface area contributed by atoms with Gasteiger partial charge in [0.1, 0.15) is 0 Å². The highest BCUT2D eigenvalue weighted by molar-refractivity contribution is 5.66. The molecule has 1 rings (SSSR count). The molecular formula is C10H16N2O4. The van der Waals surface area contributed by atoms with Gasteiger partial charge in [-0.25, -0.2) is 0 Å². The van der Waals surface area contributed by atoms with Gasteiger partial charge >= 0.3 is 5.97 Å². The first kappa shape index (κ1) is 12.6. The van der Waals surface area contributed by atoms with E-state index in [-0.39, 0.29) is 12.5 Å². The van der Waals surface area contributed by atoms with Crippen LogP contribution in [0.15, 0.2) is 4.52 Å². The number of nitrogens with zero attached hydrogens (tertiary/aromatic N) is 2. The molecule has 6 nitrogen and oxygen atoms in total. The van der Waals surface area contributed by atoms with Gasteiger partial charge in [0.15, 0.2) is 5.82 Å². The summed E-state index contributed by atoms with van der Waals surface area (Å²) in [7, 11) is 1.62. The van der Waals surface area contributed by atoms with Crippen LogP contribution in [-0.2, 0) is 22.4 Å². The molecule has 0 saturated heterocycles. The fourth-order valence-corrected chi connectivity index (χ4v) is 1.21. The molecular weight excluding hydrogens is 212 g/mol.